The van der Waals surface area contributed by atoms with Gasteiger partial charge in [-0.05, 0) is 31.2 Å². The summed E-state index contributed by atoms with van der Waals surface area (Å²) in [6, 6.07) is 12.4. The van der Waals surface area contributed by atoms with Crippen LogP contribution in [0.25, 0.3) is 0 Å². The van der Waals surface area contributed by atoms with E-state index in [1.54, 1.807) is 37.1 Å². The number of rotatable bonds is 3. The molecule has 2 aromatic carbocycles. The standard InChI is InChI=1S/C19H19FN2O3/c1-13-18(23)22(16-9-5-6-10-17(16)25-2)12-11-21(13)19(24)14-7-3-4-8-15(14)20/h3-10,13H,11-12H2,1-2H3/t13-/m0/s1. The average molecular weight is 342 g/mol. The van der Waals surface area contributed by atoms with Gasteiger partial charge < -0.3 is 14.5 Å². The largest absolute Gasteiger partial charge is 0.495 e. The Hall–Kier alpha value is -2.89. The smallest absolute Gasteiger partial charge is 0.257 e. The number of carbonyl (C=O) groups excluding carboxylic acids is 2. The van der Waals surface area contributed by atoms with Gasteiger partial charge in [-0.25, -0.2) is 4.39 Å². The Balaban J connectivity index is 1.85. The number of carbonyl (C=O) groups is 2. The van der Waals surface area contributed by atoms with Crippen LogP contribution in [0.2, 0.25) is 0 Å². The predicted molar refractivity (Wildman–Crippen MR) is 92.2 cm³/mol. The van der Waals surface area contributed by atoms with Crippen molar-refractivity contribution in [2.45, 2.75) is 13.0 Å². The number of nitrogens with zero attached hydrogens (tertiary/aromatic N) is 2. The van der Waals surface area contributed by atoms with Crippen LogP contribution in [-0.2, 0) is 4.79 Å². The van der Waals surface area contributed by atoms with Crippen LogP contribution >= 0.6 is 0 Å². The van der Waals surface area contributed by atoms with Crippen molar-refractivity contribution in [2.75, 3.05) is 25.1 Å². The molecule has 3 rings (SSSR count). The molecule has 0 aromatic heterocycles. The average Bonchev–Trinajstić information content (AvgIpc) is 2.64. The summed E-state index contributed by atoms with van der Waals surface area (Å²) in [4.78, 5) is 28.5. The molecular formula is C19H19FN2O3. The Bertz CT molecular complexity index is 809. The molecule has 6 heteroatoms. The molecule has 1 aliphatic heterocycles. The van der Waals surface area contributed by atoms with E-state index in [0.717, 1.165) is 0 Å². The molecular weight excluding hydrogens is 323 g/mol. The SMILES string of the molecule is COc1ccccc1N1CCN(C(=O)c2ccccc2F)[C@@H](C)C1=O. The normalized spacial score (nSPS) is 17.6. The van der Waals surface area contributed by atoms with Crippen molar-refractivity contribution >= 4 is 17.5 Å². The molecule has 0 saturated carbocycles. The Kier molecular flexibility index (Phi) is 4.70. The summed E-state index contributed by atoms with van der Waals surface area (Å²) in [6.45, 7) is 2.30. The van der Waals surface area contributed by atoms with Crippen LogP contribution in [0.3, 0.4) is 0 Å². The van der Waals surface area contributed by atoms with Crippen molar-refractivity contribution in [3.05, 3.63) is 59.9 Å². The number of piperazine rings is 1. The highest BCUT2D eigenvalue weighted by Gasteiger charge is 2.36. The third kappa shape index (κ3) is 3.07. The van der Waals surface area contributed by atoms with Crippen LogP contribution in [0.4, 0.5) is 10.1 Å². The maximum Gasteiger partial charge on any atom is 0.257 e. The number of hydrogen-bond donors (Lipinski definition) is 0. The lowest BCUT2D eigenvalue weighted by molar-refractivity contribution is -0.124. The maximum atomic E-state index is 13.9. The molecule has 1 aliphatic rings. The van der Waals surface area contributed by atoms with Crippen LogP contribution in [0.1, 0.15) is 17.3 Å². The van der Waals surface area contributed by atoms with Gasteiger partial charge in [-0.3, -0.25) is 9.59 Å². The number of amides is 2. The molecule has 1 saturated heterocycles. The number of para-hydroxylation sites is 2. The molecule has 1 heterocycles. The van der Waals surface area contributed by atoms with E-state index in [9.17, 15) is 14.0 Å². The van der Waals surface area contributed by atoms with Crippen molar-refractivity contribution in [1.82, 2.24) is 4.90 Å². The van der Waals surface area contributed by atoms with E-state index in [-0.39, 0.29) is 11.5 Å². The first-order valence-electron chi connectivity index (χ1n) is 8.04. The molecule has 0 radical (unpaired) electrons. The molecule has 0 N–H and O–H groups in total. The fourth-order valence-corrected chi connectivity index (χ4v) is 3.03. The number of halogens is 1. The van der Waals surface area contributed by atoms with E-state index in [1.165, 1.54) is 23.1 Å². The lowest BCUT2D eigenvalue weighted by atomic mass is 10.1. The van der Waals surface area contributed by atoms with Crippen molar-refractivity contribution in [3.8, 4) is 5.75 Å². The quantitative estimate of drug-likeness (QED) is 0.862. The molecule has 130 valence electrons. The van der Waals surface area contributed by atoms with E-state index in [4.69, 9.17) is 4.74 Å². The molecule has 0 aliphatic carbocycles. The Morgan fingerprint density at radius 1 is 1.12 bits per heavy atom. The molecule has 2 aromatic rings. The van der Waals surface area contributed by atoms with Gasteiger partial charge in [-0.2, -0.15) is 0 Å². The summed E-state index contributed by atoms with van der Waals surface area (Å²) in [5.41, 5.74) is 0.646. The minimum atomic E-state index is -0.689. The van der Waals surface area contributed by atoms with E-state index in [0.29, 0.717) is 24.5 Å². The lowest BCUT2D eigenvalue weighted by Crippen LogP contribution is -2.58. The first-order valence-corrected chi connectivity index (χ1v) is 8.04. The van der Waals surface area contributed by atoms with Crippen molar-refractivity contribution < 1.29 is 18.7 Å². The van der Waals surface area contributed by atoms with E-state index < -0.39 is 17.8 Å². The summed E-state index contributed by atoms with van der Waals surface area (Å²) >= 11 is 0. The fourth-order valence-electron chi connectivity index (χ4n) is 3.03. The minimum absolute atomic E-state index is 0.0205. The molecule has 0 bridgehead atoms. The summed E-state index contributed by atoms with van der Waals surface area (Å²) < 4.78 is 19.2. The lowest BCUT2D eigenvalue weighted by Gasteiger charge is -2.39. The zero-order chi connectivity index (χ0) is 18.0. The molecule has 1 atom stereocenters. The van der Waals surface area contributed by atoms with E-state index in [1.807, 2.05) is 12.1 Å². The number of ether oxygens (including phenoxy) is 1. The first-order chi connectivity index (χ1) is 12.0. The number of hydrogen-bond acceptors (Lipinski definition) is 3. The Morgan fingerprint density at radius 3 is 2.52 bits per heavy atom. The van der Waals surface area contributed by atoms with Crippen LogP contribution in [0.5, 0.6) is 5.75 Å². The van der Waals surface area contributed by atoms with Crippen LogP contribution in [-0.4, -0.2) is 43.0 Å². The third-order valence-electron chi connectivity index (χ3n) is 4.40. The highest BCUT2D eigenvalue weighted by molar-refractivity contribution is 6.04. The molecule has 2 amide bonds. The highest BCUT2D eigenvalue weighted by Crippen LogP contribution is 2.30. The predicted octanol–water partition coefficient (Wildman–Crippen LogP) is 2.71. The molecule has 1 fully saturated rings. The van der Waals surface area contributed by atoms with Crippen molar-refractivity contribution in [3.63, 3.8) is 0 Å². The maximum absolute atomic E-state index is 13.9. The Morgan fingerprint density at radius 2 is 1.80 bits per heavy atom. The van der Waals surface area contributed by atoms with Gasteiger partial charge in [-0.15, -0.1) is 0 Å². The molecule has 0 unspecified atom stereocenters. The zero-order valence-electron chi connectivity index (χ0n) is 14.1. The zero-order valence-corrected chi connectivity index (χ0v) is 14.1. The Labute approximate surface area is 145 Å². The van der Waals surface area contributed by atoms with Gasteiger partial charge in [0.05, 0.1) is 18.4 Å². The topological polar surface area (TPSA) is 49.9 Å². The van der Waals surface area contributed by atoms with E-state index >= 15 is 0 Å². The van der Waals surface area contributed by atoms with Gasteiger partial charge in [-0.1, -0.05) is 24.3 Å². The van der Waals surface area contributed by atoms with Gasteiger partial charge in [0.15, 0.2) is 0 Å². The van der Waals surface area contributed by atoms with Gasteiger partial charge in [0, 0.05) is 13.1 Å². The first kappa shape index (κ1) is 17.0. The summed E-state index contributed by atoms with van der Waals surface area (Å²) in [5.74, 6) is -0.685. The van der Waals surface area contributed by atoms with Gasteiger partial charge in [0.1, 0.15) is 17.6 Å². The molecule has 5 nitrogen and oxygen atoms in total. The fraction of sp³-hybridized carbons (Fsp3) is 0.263. The van der Waals surface area contributed by atoms with Crippen LogP contribution < -0.4 is 9.64 Å². The highest BCUT2D eigenvalue weighted by atomic mass is 19.1. The second-order valence-corrected chi connectivity index (χ2v) is 5.82. The van der Waals surface area contributed by atoms with Gasteiger partial charge in [0.2, 0.25) is 5.91 Å². The number of benzene rings is 2. The van der Waals surface area contributed by atoms with Crippen LogP contribution in [0, 0.1) is 5.82 Å². The van der Waals surface area contributed by atoms with Crippen molar-refractivity contribution in [1.29, 1.82) is 0 Å². The van der Waals surface area contributed by atoms with E-state index in [2.05, 4.69) is 0 Å². The summed E-state index contributed by atoms with van der Waals surface area (Å²) in [5, 5.41) is 0. The van der Waals surface area contributed by atoms with Gasteiger partial charge in [0.25, 0.3) is 5.91 Å². The van der Waals surface area contributed by atoms with Crippen molar-refractivity contribution in [2.24, 2.45) is 0 Å². The number of methoxy groups -OCH3 is 1. The number of anilines is 1. The van der Waals surface area contributed by atoms with Gasteiger partial charge >= 0.3 is 0 Å². The van der Waals surface area contributed by atoms with Crippen LogP contribution in [0.15, 0.2) is 48.5 Å². The molecule has 25 heavy (non-hydrogen) atoms. The monoisotopic (exact) mass is 342 g/mol. The minimum Gasteiger partial charge on any atom is -0.495 e. The second kappa shape index (κ2) is 6.93. The molecule has 0 spiro atoms. The second-order valence-electron chi connectivity index (χ2n) is 5.82. The third-order valence-corrected chi connectivity index (χ3v) is 4.40. The summed E-state index contributed by atoms with van der Waals surface area (Å²) in [6.07, 6.45) is 0. The summed E-state index contributed by atoms with van der Waals surface area (Å²) in [7, 11) is 1.55.